The van der Waals surface area contributed by atoms with Crippen LogP contribution in [0, 0.1) is 0 Å². The number of hydrogen-bond donors (Lipinski definition) is 0. The second-order valence-corrected chi connectivity index (χ2v) is 13.3. The highest BCUT2D eigenvalue weighted by Gasteiger charge is 2.21. The highest BCUT2D eigenvalue weighted by molar-refractivity contribution is 6.30. The fourth-order valence-corrected chi connectivity index (χ4v) is 8.97. The van der Waals surface area contributed by atoms with Gasteiger partial charge in [0.05, 0.1) is 33.1 Å². The molecule has 3 heterocycles. The topological polar surface area (TPSA) is 8.82 Å². The molecule has 48 heavy (non-hydrogen) atoms. The Hall–Kier alpha value is -6.38. The van der Waals surface area contributed by atoms with E-state index in [1.54, 1.807) is 0 Å². The minimum atomic E-state index is 1.20. The summed E-state index contributed by atoms with van der Waals surface area (Å²) in [6, 6.07) is 58.8. The zero-order valence-electron chi connectivity index (χ0n) is 25.9. The fraction of sp³-hybridized carbons (Fsp3) is 0. The Labute approximate surface area is 274 Å². The lowest BCUT2D eigenvalue weighted by Crippen LogP contribution is -1.90. The molecule has 0 amide bonds. The molecule has 0 spiro atoms. The number of rotatable bonds is 1. The Morgan fingerprint density at radius 2 is 0.708 bits per heavy atom. The molecule has 12 rings (SSSR count). The highest BCUT2D eigenvalue weighted by Crippen LogP contribution is 2.44. The Morgan fingerprint density at radius 1 is 0.271 bits per heavy atom. The molecule has 0 aliphatic rings. The van der Waals surface area contributed by atoms with Crippen molar-refractivity contribution in [1.82, 2.24) is 8.80 Å². The van der Waals surface area contributed by atoms with Crippen LogP contribution in [0.25, 0.3) is 109 Å². The minimum Gasteiger partial charge on any atom is -0.306 e. The van der Waals surface area contributed by atoms with Gasteiger partial charge in [-0.25, -0.2) is 0 Å². The molecule has 12 aromatic rings. The number of fused-ring (bicyclic) bond motifs is 15. The second kappa shape index (κ2) is 8.70. The van der Waals surface area contributed by atoms with Gasteiger partial charge in [0.25, 0.3) is 0 Å². The molecule has 0 fully saturated rings. The lowest BCUT2D eigenvalue weighted by Gasteiger charge is -2.12. The van der Waals surface area contributed by atoms with Crippen molar-refractivity contribution in [3.05, 3.63) is 158 Å². The van der Waals surface area contributed by atoms with Crippen molar-refractivity contribution < 1.29 is 0 Å². The zero-order chi connectivity index (χ0) is 31.1. The van der Waals surface area contributed by atoms with E-state index in [9.17, 15) is 0 Å². The molecule has 0 saturated carbocycles. The summed E-state index contributed by atoms with van der Waals surface area (Å²) < 4.78 is 5.06. The van der Waals surface area contributed by atoms with Crippen LogP contribution in [0.3, 0.4) is 0 Å². The van der Waals surface area contributed by atoms with E-state index < -0.39 is 0 Å². The average molecular weight is 607 g/mol. The highest BCUT2D eigenvalue weighted by atomic mass is 15.0. The molecular formula is C46H26N2. The number of aromatic nitrogens is 2. The second-order valence-electron chi connectivity index (χ2n) is 13.3. The zero-order valence-corrected chi connectivity index (χ0v) is 25.9. The quantitative estimate of drug-likeness (QED) is 0.164. The molecule has 220 valence electrons. The van der Waals surface area contributed by atoms with Crippen molar-refractivity contribution in [1.29, 1.82) is 0 Å². The van der Waals surface area contributed by atoms with Crippen molar-refractivity contribution in [3.8, 4) is 11.1 Å². The van der Waals surface area contributed by atoms with Gasteiger partial charge in [-0.05, 0) is 79.2 Å². The molecular weight excluding hydrogens is 581 g/mol. The molecule has 0 aliphatic heterocycles. The van der Waals surface area contributed by atoms with Gasteiger partial charge < -0.3 is 8.80 Å². The van der Waals surface area contributed by atoms with Crippen LogP contribution in [-0.2, 0) is 0 Å². The van der Waals surface area contributed by atoms with Gasteiger partial charge in [-0.15, -0.1) is 0 Å². The smallest absolute Gasteiger partial charge is 0.0709 e. The first-order valence-electron chi connectivity index (χ1n) is 16.7. The summed E-state index contributed by atoms with van der Waals surface area (Å²) in [5.74, 6) is 0. The third kappa shape index (κ3) is 2.95. The molecule has 2 nitrogen and oxygen atoms in total. The van der Waals surface area contributed by atoms with Gasteiger partial charge in [0.2, 0.25) is 0 Å². The summed E-state index contributed by atoms with van der Waals surface area (Å²) in [5, 5.41) is 15.6. The maximum atomic E-state index is 2.54. The Balaban J connectivity index is 1.29. The molecule has 0 atom stereocenters. The predicted octanol–water partition coefficient (Wildman–Crippen LogP) is 12.5. The number of para-hydroxylation sites is 2. The Morgan fingerprint density at radius 3 is 1.31 bits per heavy atom. The van der Waals surface area contributed by atoms with E-state index in [1.165, 1.54) is 109 Å². The largest absolute Gasteiger partial charge is 0.306 e. The monoisotopic (exact) mass is 606 g/mol. The molecule has 2 heteroatoms. The van der Waals surface area contributed by atoms with Crippen molar-refractivity contribution >= 4 is 97.7 Å². The van der Waals surface area contributed by atoms with Gasteiger partial charge in [0.15, 0.2) is 0 Å². The van der Waals surface area contributed by atoms with Crippen molar-refractivity contribution in [2.45, 2.75) is 0 Å². The van der Waals surface area contributed by atoms with E-state index in [2.05, 4.69) is 167 Å². The van der Waals surface area contributed by atoms with Crippen LogP contribution >= 0.6 is 0 Å². The standard InChI is InChI=1S/C46H26N2/c1-2-11-32-30(9-1)31-10-3-4-12-33(31)39-25-28(19-21-34(32)39)29-20-24-42-43(26-29)48-41-16-8-6-14-36(41)38-23-18-27-17-22-37-35-13-5-7-15-40(35)47(42)45(37)44(27)46(38)48/h1-26H. The van der Waals surface area contributed by atoms with Crippen molar-refractivity contribution in [3.63, 3.8) is 0 Å². The van der Waals surface area contributed by atoms with Crippen molar-refractivity contribution in [2.75, 3.05) is 0 Å². The van der Waals surface area contributed by atoms with Gasteiger partial charge in [-0.3, -0.25) is 0 Å². The summed E-state index contributed by atoms with van der Waals surface area (Å²) in [6.07, 6.45) is 0. The Bertz CT molecular complexity index is 3300. The van der Waals surface area contributed by atoms with Crippen LogP contribution in [0.15, 0.2) is 158 Å². The van der Waals surface area contributed by atoms with Crippen LogP contribution in [-0.4, -0.2) is 8.80 Å². The summed E-state index contributed by atoms with van der Waals surface area (Å²) >= 11 is 0. The van der Waals surface area contributed by atoms with Crippen molar-refractivity contribution in [2.24, 2.45) is 0 Å². The molecule has 0 saturated heterocycles. The van der Waals surface area contributed by atoms with Crippen LogP contribution in [0.5, 0.6) is 0 Å². The number of hydrogen-bond acceptors (Lipinski definition) is 0. The van der Waals surface area contributed by atoms with E-state index in [-0.39, 0.29) is 0 Å². The fourth-order valence-electron chi connectivity index (χ4n) is 8.97. The predicted molar refractivity (Wildman–Crippen MR) is 205 cm³/mol. The maximum absolute atomic E-state index is 2.54. The number of benzene rings is 9. The van der Waals surface area contributed by atoms with E-state index in [1.807, 2.05) is 0 Å². The third-order valence-electron chi connectivity index (χ3n) is 11.0. The molecule has 0 bridgehead atoms. The van der Waals surface area contributed by atoms with E-state index in [0.29, 0.717) is 0 Å². The van der Waals surface area contributed by atoms with Crippen LogP contribution in [0.4, 0.5) is 0 Å². The first-order chi connectivity index (χ1) is 23.8. The first kappa shape index (κ1) is 24.8. The summed E-state index contributed by atoms with van der Waals surface area (Å²) in [5.41, 5.74) is 9.90. The summed E-state index contributed by atoms with van der Waals surface area (Å²) in [6.45, 7) is 0. The summed E-state index contributed by atoms with van der Waals surface area (Å²) in [7, 11) is 0. The van der Waals surface area contributed by atoms with Crippen LogP contribution in [0.1, 0.15) is 0 Å². The van der Waals surface area contributed by atoms with Gasteiger partial charge in [-0.2, -0.15) is 0 Å². The molecule has 0 N–H and O–H groups in total. The van der Waals surface area contributed by atoms with E-state index in [4.69, 9.17) is 0 Å². The molecule has 0 unspecified atom stereocenters. The first-order valence-corrected chi connectivity index (χ1v) is 16.7. The average Bonchev–Trinajstić information content (AvgIpc) is 3.63. The van der Waals surface area contributed by atoms with Gasteiger partial charge in [-0.1, -0.05) is 127 Å². The summed E-state index contributed by atoms with van der Waals surface area (Å²) in [4.78, 5) is 0. The lowest BCUT2D eigenvalue weighted by molar-refractivity contribution is 1.31. The Kier molecular flexibility index (Phi) is 4.49. The normalized spacial score (nSPS) is 12.6. The number of nitrogens with zero attached hydrogens (tertiary/aromatic N) is 2. The van der Waals surface area contributed by atoms with Gasteiger partial charge in [0, 0.05) is 26.9 Å². The SMILES string of the molecule is c1ccc2c(c1)c1ccccc1c1cc(-c3ccc4c(c3)n3c5ccccc5c5ccc6ccc7c8ccccc8n4c7c6c53)ccc21. The third-order valence-corrected chi connectivity index (χ3v) is 11.0. The van der Waals surface area contributed by atoms with E-state index in [0.717, 1.165) is 0 Å². The van der Waals surface area contributed by atoms with Gasteiger partial charge in [0.1, 0.15) is 0 Å². The molecule has 0 aliphatic carbocycles. The van der Waals surface area contributed by atoms with Crippen LogP contribution < -0.4 is 0 Å². The van der Waals surface area contributed by atoms with Crippen LogP contribution in [0.2, 0.25) is 0 Å². The maximum Gasteiger partial charge on any atom is 0.0709 e. The lowest BCUT2D eigenvalue weighted by atomic mass is 9.92. The molecule has 0 radical (unpaired) electrons. The molecule has 9 aromatic carbocycles. The minimum absolute atomic E-state index is 1.20. The van der Waals surface area contributed by atoms with Gasteiger partial charge >= 0.3 is 0 Å². The molecule has 3 aromatic heterocycles. The van der Waals surface area contributed by atoms with E-state index >= 15 is 0 Å².